The van der Waals surface area contributed by atoms with Crippen molar-refractivity contribution in [1.82, 2.24) is 10.9 Å². The number of carbonyl (C=O) groups excluding carboxylic acids is 2. The largest absolute Gasteiger partial charge is 0.489 e. The zero-order chi connectivity index (χ0) is 22.2. The first kappa shape index (κ1) is 21.8. The molecule has 0 aliphatic heterocycles. The summed E-state index contributed by atoms with van der Waals surface area (Å²) in [7, 11) is 0. The fraction of sp³-hybridized carbons (Fsp3) is 0.130. The van der Waals surface area contributed by atoms with Gasteiger partial charge in [-0.05, 0) is 67.1 Å². The minimum atomic E-state index is -0.920. The van der Waals surface area contributed by atoms with Gasteiger partial charge in [0.25, 0.3) is 11.8 Å². The number of rotatable bonds is 7. The second-order valence-corrected chi connectivity index (χ2v) is 6.60. The molecule has 0 aromatic heterocycles. The summed E-state index contributed by atoms with van der Waals surface area (Å²) in [5.74, 6) is -1.11. The number of amides is 2. The van der Waals surface area contributed by atoms with Gasteiger partial charge in [-0.25, -0.2) is 8.78 Å². The molecule has 0 bridgehead atoms. The molecule has 0 spiro atoms. The number of carbonyl (C=O) groups is 2. The van der Waals surface area contributed by atoms with E-state index in [-0.39, 0.29) is 18.0 Å². The lowest BCUT2D eigenvalue weighted by molar-refractivity contribution is -0.128. The van der Waals surface area contributed by atoms with E-state index in [1.807, 2.05) is 0 Å². The van der Waals surface area contributed by atoms with E-state index in [0.717, 1.165) is 5.56 Å². The van der Waals surface area contributed by atoms with Crippen LogP contribution in [-0.2, 0) is 11.4 Å². The molecule has 31 heavy (non-hydrogen) atoms. The van der Waals surface area contributed by atoms with Gasteiger partial charge in [-0.1, -0.05) is 18.2 Å². The van der Waals surface area contributed by atoms with Crippen LogP contribution in [0.2, 0.25) is 0 Å². The summed E-state index contributed by atoms with van der Waals surface area (Å²) in [4.78, 5) is 24.4. The predicted octanol–water partition coefficient (Wildman–Crippen LogP) is 3.77. The SMILES string of the molecule is CC(Oc1ccc(F)cc1)C(=O)NNC(=O)c1cccc(OCc2ccc(F)cc2)c1. The van der Waals surface area contributed by atoms with Crippen LogP contribution >= 0.6 is 0 Å². The summed E-state index contributed by atoms with van der Waals surface area (Å²) < 4.78 is 36.9. The van der Waals surface area contributed by atoms with Gasteiger partial charge >= 0.3 is 0 Å². The number of hydrogen-bond acceptors (Lipinski definition) is 4. The van der Waals surface area contributed by atoms with E-state index in [1.54, 1.807) is 30.3 Å². The number of nitrogens with one attached hydrogen (secondary N) is 2. The zero-order valence-corrected chi connectivity index (χ0v) is 16.6. The normalized spacial score (nSPS) is 11.3. The van der Waals surface area contributed by atoms with Crippen molar-refractivity contribution in [1.29, 1.82) is 0 Å². The molecule has 0 heterocycles. The van der Waals surface area contributed by atoms with Gasteiger partial charge in [0.05, 0.1) is 0 Å². The van der Waals surface area contributed by atoms with Crippen molar-refractivity contribution in [3.63, 3.8) is 0 Å². The lowest BCUT2D eigenvalue weighted by Gasteiger charge is -2.15. The van der Waals surface area contributed by atoms with E-state index in [1.165, 1.54) is 49.4 Å². The highest BCUT2D eigenvalue weighted by atomic mass is 19.1. The quantitative estimate of drug-likeness (QED) is 0.564. The summed E-state index contributed by atoms with van der Waals surface area (Å²) in [5.41, 5.74) is 5.63. The van der Waals surface area contributed by atoms with E-state index in [9.17, 15) is 18.4 Å². The van der Waals surface area contributed by atoms with Crippen molar-refractivity contribution in [2.24, 2.45) is 0 Å². The molecule has 1 atom stereocenters. The highest BCUT2D eigenvalue weighted by Crippen LogP contribution is 2.16. The first-order valence-electron chi connectivity index (χ1n) is 9.40. The van der Waals surface area contributed by atoms with Gasteiger partial charge in [0.15, 0.2) is 6.10 Å². The smallest absolute Gasteiger partial charge is 0.279 e. The van der Waals surface area contributed by atoms with Gasteiger partial charge in [-0.2, -0.15) is 0 Å². The van der Waals surface area contributed by atoms with Gasteiger partial charge in [0.2, 0.25) is 0 Å². The van der Waals surface area contributed by atoms with E-state index in [2.05, 4.69) is 10.9 Å². The molecule has 0 saturated carbocycles. The van der Waals surface area contributed by atoms with Gasteiger partial charge in [0.1, 0.15) is 29.7 Å². The Morgan fingerprint density at radius 1 is 0.871 bits per heavy atom. The lowest BCUT2D eigenvalue weighted by atomic mass is 10.2. The summed E-state index contributed by atoms with van der Waals surface area (Å²) in [6, 6.07) is 17.5. The molecule has 1 unspecified atom stereocenters. The first-order valence-corrected chi connectivity index (χ1v) is 9.40. The monoisotopic (exact) mass is 426 g/mol. The maximum absolute atomic E-state index is 13.0. The molecule has 0 fully saturated rings. The van der Waals surface area contributed by atoms with Crippen LogP contribution in [0.4, 0.5) is 8.78 Å². The maximum atomic E-state index is 13.0. The van der Waals surface area contributed by atoms with Crippen LogP contribution in [0, 0.1) is 11.6 Å². The summed E-state index contributed by atoms with van der Waals surface area (Å²) in [5, 5.41) is 0. The highest BCUT2D eigenvalue weighted by molar-refractivity contribution is 5.96. The number of benzene rings is 3. The molecule has 6 nitrogen and oxygen atoms in total. The molecule has 2 amide bonds. The fourth-order valence-corrected chi connectivity index (χ4v) is 2.54. The Balaban J connectivity index is 1.50. The van der Waals surface area contributed by atoms with Crippen LogP contribution in [-0.4, -0.2) is 17.9 Å². The second-order valence-electron chi connectivity index (χ2n) is 6.60. The average molecular weight is 426 g/mol. The fourth-order valence-electron chi connectivity index (χ4n) is 2.54. The van der Waals surface area contributed by atoms with Crippen LogP contribution in [0.1, 0.15) is 22.8 Å². The molecule has 8 heteroatoms. The van der Waals surface area contributed by atoms with Crippen LogP contribution < -0.4 is 20.3 Å². The van der Waals surface area contributed by atoms with Crippen molar-refractivity contribution in [2.75, 3.05) is 0 Å². The van der Waals surface area contributed by atoms with Crippen molar-refractivity contribution in [2.45, 2.75) is 19.6 Å². The minimum absolute atomic E-state index is 0.209. The Bertz CT molecular complexity index is 1040. The molecule has 0 radical (unpaired) electrons. The number of ether oxygens (including phenoxy) is 2. The maximum Gasteiger partial charge on any atom is 0.279 e. The number of halogens is 2. The second kappa shape index (κ2) is 10.2. The minimum Gasteiger partial charge on any atom is -0.489 e. The third-order valence-electron chi connectivity index (χ3n) is 4.21. The summed E-state index contributed by atoms with van der Waals surface area (Å²) in [6.07, 6.45) is -0.920. The molecule has 3 aromatic rings. The standard InChI is InChI=1S/C23H20F2N2O4/c1-15(31-20-11-9-19(25)10-12-20)22(28)26-27-23(29)17-3-2-4-21(13-17)30-14-16-5-7-18(24)8-6-16/h2-13,15H,14H2,1H3,(H,26,28)(H,27,29). The first-order chi connectivity index (χ1) is 14.9. The highest BCUT2D eigenvalue weighted by Gasteiger charge is 2.16. The Labute approximate surface area is 177 Å². The van der Waals surface area contributed by atoms with Crippen molar-refractivity contribution in [3.8, 4) is 11.5 Å². The zero-order valence-electron chi connectivity index (χ0n) is 16.6. The molecule has 3 aromatic carbocycles. The number of hydrazine groups is 1. The van der Waals surface area contributed by atoms with Gasteiger partial charge < -0.3 is 9.47 Å². The van der Waals surface area contributed by atoms with E-state index in [4.69, 9.17) is 9.47 Å². The van der Waals surface area contributed by atoms with E-state index >= 15 is 0 Å². The van der Waals surface area contributed by atoms with Gasteiger partial charge in [-0.15, -0.1) is 0 Å². The van der Waals surface area contributed by atoms with Crippen molar-refractivity contribution >= 4 is 11.8 Å². The van der Waals surface area contributed by atoms with Crippen LogP contribution in [0.25, 0.3) is 0 Å². The Morgan fingerprint density at radius 3 is 2.19 bits per heavy atom. The third-order valence-corrected chi connectivity index (χ3v) is 4.21. The predicted molar refractivity (Wildman–Crippen MR) is 109 cm³/mol. The van der Waals surface area contributed by atoms with E-state index < -0.39 is 23.7 Å². The average Bonchev–Trinajstić information content (AvgIpc) is 2.78. The lowest BCUT2D eigenvalue weighted by Crippen LogP contribution is -2.47. The Kier molecular flexibility index (Phi) is 7.16. The summed E-state index contributed by atoms with van der Waals surface area (Å²) >= 11 is 0. The molecule has 3 rings (SSSR count). The van der Waals surface area contributed by atoms with Crippen molar-refractivity contribution in [3.05, 3.63) is 95.6 Å². The molecular formula is C23H20F2N2O4. The summed E-state index contributed by atoms with van der Waals surface area (Å²) in [6.45, 7) is 1.70. The Hall–Kier alpha value is -3.94. The molecule has 0 saturated heterocycles. The van der Waals surface area contributed by atoms with E-state index in [0.29, 0.717) is 11.5 Å². The number of hydrogen-bond donors (Lipinski definition) is 2. The van der Waals surface area contributed by atoms with Crippen molar-refractivity contribution < 1.29 is 27.8 Å². The third kappa shape index (κ3) is 6.53. The van der Waals surface area contributed by atoms with Gasteiger partial charge in [0, 0.05) is 5.56 Å². The topological polar surface area (TPSA) is 76.7 Å². The molecule has 160 valence electrons. The van der Waals surface area contributed by atoms with Gasteiger partial charge in [-0.3, -0.25) is 20.4 Å². The Morgan fingerprint density at radius 2 is 1.52 bits per heavy atom. The van der Waals surface area contributed by atoms with Crippen LogP contribution in [0.3, 0.4) is 0 Å². The molecular weight excluding hydrogens is 406 g/mol. The molecule has 0 aliphatic rings. The molecule has 2 N–H and O–H groups in total. The molecule has 0 aliphatic carbocycles. The van der Waals surface area contributed by atoms with Crippen LogP contribution in [0.15, 0.2) is 72.8 Å². The van der Waals surface area contributed by atoms with Crippen LogP contribution in [0.5, 0.6) is 11.5 Å².